The molecule has 0 spiro atoms. The third kappa shape index (κ3) is 4.88. The number of ether oxygens (including phenoxy) is 3. The fraction of sp³-hybridized carbons (Fsp3) is 0.350. The molecule has 0 saturated carbocycles. The SMILES string of the molecule is CC[C@H](Oc1ccc(F)cc1)C(=O)N[C@@H](C)c1ccc(OC)c(OC)c1. The Bertz CT molecular complexity index is 733. The van der Waals surface area contributed by atoms with Crippen LogP contribution in [0.3, 0.4) is 0 Å². The van der Waals surface area contributed by atoms with E-state index in [1.807, 2.05) is 26.0 Å². The topological polar surface area (TPSA) is 56.8 Å². The predicted molar refractivity (Wildman–Crippen MR) is 97.2 cm³/mol. The molecule has 0 heterocycles. The van der Waals surface area contributed by atoms with Crippen LogP contribution < -0.4 is 19.5 Å². The van der Waals surface area contributed by atoms with Gasteiger partial charge in [0.25, 0.3) is 5.91 Å². The molecule has 2 atom stereocenters. The predicted octanol–water partition coefficient (Wildman–Crippen LogP) is 3.88. The van der Waals surface area contributed by atoms with Crippen molar-refractivity contribution in [3.05, 3.63) is 53.8 Å². The largest absolute Gasteiger partial charge is 0.493 e. The van der Waals surface area contributed by atoms with E-state index in [1.54, 1.807) is 20.3 Å². The monoisotopic (exact) mass is 361 g/mol. The van der Waals surface area contributed by atoms with Crippen LogP contribution in [0.1, 0.15) is 31.9 Å². The molecule has 0 aliphatic heterocycles. The Labute approximate surface area is 153 Å². The number of halogens is 1. The summed E-state index contributed by atoms with van der Waals surface area (Å²) in [5.74, 6) is 1.09. The minimum Gasteiger partial charge on any atom is -0.493 e. The standard InChI is InChI=1S/C20H24FNO4/c1-5-17(26-16-9-7-15(21)8-10-16)20(23)22-13(2)14-6-11-18(24-3)19(12-14)25-4/h6-13,17H,5H2,1-4H3,(H,22,23)/t13-,17-/m0/s1. The number of hydrogen-bond acceptors (Lipinski definition) is 4. The van der Waals surface area contributed by atoms with Crippen LogP contribution in [0.25, 0.3) is 0 Å². The summed E-state index contributed by atoms with van der Waals surface area (Å²) in [6.07, 6.45) is -0.176. The van der Waals surface area contributed by atoms with Crippen molar-refractivity contribution in [2.75, 3.05) is 14.2 Å². The van der Waals surface area contributed by atoms with Crippen molar-refractivity contribution in [3.8, 4) is 17.2 Å². The second-order valence-electron chi connectivity index (χ2n) is 5.81. The lowest BCUT2D eigenvalue weighted by Crippen LogP contribution is -2.39. The van der Waals surface area contributed by atoms with E-state index in [0.29, 0.717) is 23.7 Å². The zero-order valence-corrected chi connectivity index (χ0v) is 15.4. The van der Waals surface area contributed by atoms with Crippen molar-refractivity contribution in [2.24, 2.45) is 0 Å². The Hall–Kier alpha value is -2.76. The molecular weight excluding hydrogens is 337 g/mol. The molecule has 2 aromatic carbocycles. The van der Waals surface area contributed by atoms with Gasteiger partial charge in [-0.05, 0) is 55.3 Å². The number of carbonyl (C=O) groups is 1. The Balaban J connectivity index is 2.05. The molecular formula is C20H24FNO4. The van der Waals surface area contributed by atoms with Crippen LogP contribution in [0.4, 0.5) is 4.39 Å². The van der Waals surface area contributed by atoms with Gasteiger partial charge >= 0.3 is 0 Å². The zero-order valence-electron chi connectivity index (χ0n) is 15.4. The van der Waals surface area contributed by atoms with E-state index in [2.05, 4.69) is 5.32 Å². The minimum absolute atomic E-state index is 0.237. The summed E-state index contributed by atoms with van der Waals surface area (Å²) in [7, 11) is 3.13. The van der Waals surface area contributed by atoms with E-state index >= 15 is 0 Å². The lowest BCUT2D eigenvalue weighted by atomic mass is 10.1. The van der Waals surface area contributed by atoms with E-state index in [-0.39, 0.29) is 17.8 Å². The molecule has 0 bridgehead atoms. The highest BCUT2D eigenvalue weighted by molar-refractivity contribution is 5.81. The van der Waals surface area contributed by atoms with Gasteiger partial charge < -0.3 is 19.5 Å². The molecule has 6 heteroatoms. The van der Waals surface area contributed by atoms with E-state index in [9.17, 15) is 9.18 Å². The van der Waals surface area contributed by atoms with Crippen LogP contribution in [0, 0.1) is 5.82 Å². The molecule has 5 nitrogen and oxygen atoms in total. The highest BCUT2D eigenvalue weighted by Gasteiger charge is 2.21. The lowest BCUT2D eigenvalue weighted by molar-refractivity contribution is -0.128. The maximum atomic E-state index is 13.0. The van der Waals surface area contributed by atoms with E-state index in [0.717, 1.165) is 5.56 Å². The summed E-state index contributed by atoms with van der Waals surface area (Å²) >= 11 is 0. The summed E-state index contributed by atoms with van der Waals surface area (Å²) in [6, 6.07) is 10.8. The Kier molecular flexibility index (Phi) is 6.83. The quantitative estimate of drug-likeness (QED) is 0.775. The molecule has 0 saturated heterocycles. The highest BCUT2D eigenvalue weighted by atomic mass is 19.1. The Morgan fingerprint density at radius 1 is 1.08 bits per heavy atom. The molecule has 140 valence electrons. The summed E-state index contributed by atoms with van der Waals surface area (Å²) in [5.41, 5.74) is 0.882. The second kappa shape index (κ2) is 9.08. The highest BCUT2D eigenvalue weighted by Crippen LogP contribution is 2.30. The lowest BCUT2D eigenvalue weighted by Gasteiger charge is -2.21. The molecule has 0 aromatic heterocycles. The summed E-state index contributed by atoms with van der Waals surface area (Å²) in [4.78, 5) is 12.5. The van der Waals surface area contributed by atoms with Gasteiger partial charge in [0, 0.05) is 0 Å². The third-order valence-corrected chi connectivity index (χ3v) is 4.02. The van der Waals surface area contributed by atoms with E-state index in [1.165, 1.54) is 24.3 Å². The first-order valence-electron chi connectivity index (χ1n) is 8.43. The van der Waals surface area contributed by atoms with Gasteiger partial charge in [-0.25, -0.2) is 4.39 Å². The number of methoxy groups -OCH3 is 2. The average Bonchev–Trinajstić information content (AvgIpc) is 2.66. The molecule has 2 aromatic rings. The fourth-order valence-corrected chi connectivity index (χ4v) is 2.51. The van der Waals surface area contributed by atoms with Gasteiger partial charge in [0.05, 0.1) is 20.3 Å². The molecule has 26 heavy (non-hydrogen) atoms. The number of amides is 1. The van der Waals surface area contributed by atoms with Crippen LogP contribution in [0.15, 0.2) is 42.5 Å². The smallest absolute Gasteiger partial charge is 0.261 e. The van der Waals surface area contributed by atoms with Crippen LogP contribution in [-0.2, 0) is 4.79 Å². The van der Waals surface area contributed by atoms with E-state index < -0.39 is 6.10 Å². The molecule has 0 radical (unpaired) electrons. The molecule has 1 amide bonds. The van der Waals surface area contributed by atoms with Crippen LogP contribution in [0.2, 0.25) is 0 Å². The Morgan fingerprint density at radius 2 is 1.73 bits per heavy atom. The fourth-order valence-electron chi connectivity index (χ4n) is 2.51. The summed E-state index contributed by atoms with van der Waals surface area (Å²) in [5, 5.41) is 2.93. The van der Waals surface area contributed by atoms with Crippen molar-refractivity contribution in [2.45, 2.75) is 32.4 Å². The number of hydrogen-bond donors (Lipinski definition) is 1. The average molecular weight is 361 g/mol. The van der Waals surface area contributed by atoms with Crippen LogP contribution >= 0.6 is 0 Å². The third-order valence-electron chi connectivity index (χ3n) is 4.02. The first kappa shape index (κ1) is 19.6. The number of nitrogens with one attached hydrogen (secondary N) is 1. The van der Waals surface area contributed by atoms with Crippen LogP contribution in [-0.4, -0.2) is 26.2 Å². The number of rotatable bonds is 8. The summed E-state index contributed by atoms with van der Waals surface area (Å²) < 4.78 is 29.2. The normalized spacial score (nSPS) is 12.8. The zero-order chi connectivity index (χ0) is 19.1. The maximum absolute atomic E-state index is 13.0. The van der Waals surface area contributed by atoms with Crippen LogP contribution in [0.5, 0.6) is 17.2 Å². The van der Waals surface area contributed by atoms with Gasteiger partial charge in [-0.1, -0.05) is 13.0 Å². The second-order valence-corrected chi connectivity index (χ2v) is 5.81. The van der Waals surface area contributed by atoms with Gasteiger partial charge in [-0.15, -0.1) is 0 Å². The van der Waals surface area contributed by atoms with Gasteiger partial charge in [0.1, 0.15) is 11.6 Å². The summed E-state index contributed by atoms with van der Waals surface area (Å²) in [6.45, 7) is 3.73. The van der Waals surface area contributed by atoms with Crippen molar-refractivity contribution >= 4 is 5.91 Å². The maximum Gasteiger partial charge on any atom is 0.261 e. The number of carbonyl (C=O) groups excluding carboxylic acids is 1. The van der Waals surface area contributed by atoms with Gasteiger partial charge in [-0.2, -0.15) is 0 Å². The van der Waals surface area contributed by atoms with Gasteiger partial charge in [0.2, 0.25) is 0 Å². The molecule has 0 unspecified atom stereocenters. The van der Waals surface area contributed by atoms with Gasteiger partial charge in [-0.3, -0.25) is 4.79 Å². The first-order valence-corrected chi connectivity index (χ1v) is 8.43. The molecule has 1 N–H and O–H groups in total. The molecule has 0 aliphatic carbocycles. The van der Waals surface area contributed by atoms with Crippen molar-refractivity contribution in [3.63, 3.8) is 0 Å². The molecule has 2 rings (SSSR count). The Morgan fingerprint density at radius 3 is 2.31 bits per heavy atom. The minimum atomic E-state index is -0.664. The van der Waals surface area contributed by atoms with E-state index in [4.69, 9.17) is 14.2 Å². The molecule has 0 fully saturated rings. The van der Waals surface area contributed by atoms with Crippen molar-refractivity contribution in [1.29, 1.82) is 0 Å². The first-order chi connectivity index (χ1) is 12.5. The van der Waals surface area contributed by atoms with Crippen molar-refractivity contribution in [1.82, 2.24) is 5.32 Å². The number of benzene rings is 2. The van der Waals surface area contributed by atoms with Crippen molar-refractivity contribution < 1.29 is 23.4 Å². The molecule has 0 aliphatic rings. The van der Waals surface area contributed by atoms with Gasteiger partial charge in [0.15, 0.2) is 17.6 Å².